The molecule has 0 aliphatic heterocycles. The van der Waals surface area contributed by atoms with Crippen LogP contribution < -0.4 is 5.32 Å². The summed E-state index contributed by atoms with van der Waals surface area (Å²) in [5.41, 5.74) is 0. The Morgan fingerprint density at radius 1 is 1.29 bits per heavy atom. The van der Waals surface area contributed by atoms with Gasteiger partial charge in [0, 0.05) is 26.8 Å². The Kier molecular flexibility index (Phi) is 4.61. The highest BCUT2D eigenvalue weighted by Gasteiger charge is 2.13. The molecule has 0 saturated heterocycles. The van der Waals surface area contributed by atoms with E-state index in [1.807, 2.05) is 0 Å². The first-order valence-corrected chi connectivity index (χ1v) is 6.68. The van der Waals surface area contributed by atoms with Crippen LogP contribution in [0.1, 0.15) is 38.6 Å². The zero-order valence-electron chi connectivity index (χ0n) is 9.17. The van der Waals surface area contributed by atoms with Gasteiger partial charge in [0.2, 0.25) is 0 Å². The number of hydrogen-bond acceptors (Lipinski definition) is 2. The second kappa shape index (κ2) is 5.29. The fourth-order valence-electron chi connectivity index (χ4n) is 1.22. The molecule has 0 radical (unpaired) electrons. The van der Waals surface area contributed by atoms with Crippen molar-refractivity contribution in [2.24, 2.45) is 5.92 Å². The number of nitrogens with one attached hydrogen (secondary N) is 1. The van der Waals surface area contributed by atoms with Gasteiger partial charge in [0.05, 0.1) is 0 Å². The summed E-state index contributed by atoms with van der Waals surface area (Å²) >= 11 is 5.28. The highest BCUT2D eigenvalue weighted by atomic mass is 79.9. The number of hydrogen-bond donors (Lipinski definition) is 1. The van der Waals surface area contributed by atoms with Gasteiger partial charge in [0.25, 0.3) is 0 Å². The van der Waals surface area contributed by atoms with Crippen molar-refractivity contribution in [3.63, 3.8) is 0 Å². The van der Waals surface area contributed by atoms with Crippen molar-refractivity contribution in [3.05, 3.63) is 20.8 Å². The van der Waals surface area contributed by atoms with Gasteiger partial charge in [0.1, 0.15) is 0 Å². The summed E-state index contributed by atoms with van der Waals surface area (Å²) in [6.45, 7) is 8.95. The zero-order valence-corrected chi connectivity index (χ0v) is 11.6. The average Bonchev–Trinajstić information content (AvgIpc) is 2.51. The molecule has 14 heavy (non-hydrogen) atoms. The molecule has 1 nitrogen and oxygen atoms in total. The molecule has 0 saturated carbocycles. The minimum absolute atomic E-state index is 0.448. The van der Waals surface area contributed by atoms with Gasteiger partial charge in [-0.1, -0.05) is 13.8 Å². The van der Waals surface area contributed by atoms with Crippen LogP contribution in [0.5, 0.6) is 0 Å². The maximum atomic E-state index is 3.60. The first-order chi connectivity index (χ1) is 6.50. The summed E-state index contributed by atoms with van der Waals surface area (Å²) in [4.78, 5) is 1.39. The van der Waals surface area contributed by atoms with Crippen LogP contribution in [0.15, 0.2) is 15.9 Å². The largest absolute Gasteiger partial charge is 0.307 e. The number of rotatable bonds is 4. The monoisotopic (exact) mass is 275 g/mol. The highest BCUT2D eigenvalue weighted by Crippen LogP contribution is 2.25. The maximum absolute atomic E-state index is 3.60. The van der Waals surface area contributed by atoms with Crippen LogP contribution in [-0.4, -0.2) is 6.04 Å². The van der Waals surface area contributed by atoms with E-state index in [1.54, 1.807) is 11.3 Å². The Bertz CT molecular complexity index is 283. The molecule has 2 atom stereocenters. The zero-order chi connectivity index (χ0) is 10.7. The first kappa shape index (κ1) is 12.2. The van der Waals surface area contributed by atoms with Gasteiger partial charge >= 0.3 is 0 Å². The summed E-state index contributed by atoms with van der Waals surface area (Å²) in [5.74, 6) is 0.681. The average molecular weight is 276 g/mol. The van der Waals surface area contributed by atoms with Gasteiger partial charge < -0.3 is 5.32 Å². The predicted octanol–water partition coefficient (Wildman–Crippen LogP) is 4.21. The second-order valence-corrected chi connectivity index (χ2v) is 5.95. The molecule has 0 fully saturated rings. The van der Waals surface area contributed by atoms with Crippen molar-refractivity contribution < 1.29 is 0 Å². The molecule has 0 aliphatic rings. The van der Waals surface area contributed by atoms with E-state index < -0.39 is 0 Å². The van der Waals surface area contributed by atoms with Crippen LogP contribution in [-0.2, 0) is 0 Å². The SMILES string of the molecule is CC(NC(C)C(C)C)c1cc(Br)cs1. The lowest BCUT2D eigenvalue weighted by atomic mass is 10.1. The Hall–Kier alpha value is 0.140. The van der Waals surface area contributed by atoms with Crippen molar-refractivity contribution in [1.29, 1.82) is 0 Å². The van der Waals surface area contributed by atoms with Crippen molar-refractivity contribution in [3.8, 4) is 0 Å². The van der Waals surface area contributed by atoms with Crippen molar-refractivity contribution in [2.45, 2.75) is 39.8 Å². The van der Waals surface area contributed by atoms with Gasteiger partial charge in [-0.2, -0.15) is 0 Å². The van der Waals surface area contributed by atoms with E-state index in [-0.39, 0.29) is 0 Å². The predicted molar refractivity (Wildman–Crippen MR) is 67.9 cm³/mol. The van der Waals surface area contributed by atoms with Crippen LogP contribution in [0, 0.1) is 5.92 Å². The smallest absolute Gasteiger partial charge is 0.0388 e. The molecule has 1 aromatic heterocycles. The van der Waals surface area contributed by atoms with Gasteiger partial charge in [-0.3, -0.25) is 0 Å². The maximum Gasteiger partial charge on any atom is 0.0388 e. The third-order valence-electron chi connectivity index (χ3n) is 2.53. The molecule has 0 aromatic carbocycles. The fraction of sp³-hybridized carbons (Fsp3) is 0.636. The van der Waals surface area contributed by atoms with Crippen molar-refractivity contribution in [1.82, 2.24) is 5.32 Å². The van der Waals surface area contributed by atoms with Crippen LogP contribution in [0.3, 0.4) is 0 Å². The lowest BCUT2D eigenvalue weighted by Crippen LogP contribution is -2.32. The molecular formula is C11H18BrNS. The Balaban J connectivity index is 2.54. The fourth-order valence-corrected chi connectivity index (χ4v) is 2.69. The lowest BCUT2D eigenvalue weighted by molar-refractivity contribution is 0.391. The normalized spacial score (nSPS) is 15.9. The van der Waals surface area contributed by atoms with Crippen LogP contribution in [0.4, 0.5) is 0 Å². The minimum Gasteiger partial charge on any atom is -0.307 e. The van der Waals surface area contributed by atoms with Gasteiger partial charge in [-0.25, -0.2) is 0 Å². The summed E-state index contributed by atoms with van der Waals surface area (Å²) in [6.07, 6.45) is 0. The van der Waals surface area contributed by atoms with E-state index in [1.165, 1.54) is 9.35 Å². The third kappa shape index (κ3) is 3.37. The lowest BCUT2D eigenvalue weighted by Gasteiger charge is -2.22. The Labute approximate surface area is 99.0 Å². The minimum atomic E-state index is 0.448. The standard InChI is InChI=1S/C11H18BrNS/c1-7(2)8(3)13-9(4)11-5-10(12)6-14-11/h5-9,13H,1-4H3. The van der Waals surface area contributed by atoms with E-state index in [0.29, 0.717) is 18.0 Å². The Morgan fingerprint density at radius 3 is 2.36 bits per heavy atom. The molecule has 2 unspecified atom stereocenters. The summed E-state index contributed by atoms with van der Waals surface area (Å²) in [6, 6.07) is 3.20. The molecule has 3 heteroatoms. The van der Waals surface area contributed by atoms with E-state index in [0.717, 1.165) is 0 Å². The van der Waals surface area contributed by atoms with E-state index in [9.17, 15) is 0 Å². The van der Waals surface area contributed by atoms with Gasteiger partial charge in [-0.15, -0.1) is 11.3 Å². The quantitative estimate of drug-likeness (QED) is 0.868. The molecular weight excluding hydrogens is 258 g/mol. The molecule has 0 amide bonds. The molecule has 1 aromatic rings. The van der Waals surface area contributed by atoms with E-state index >= 15 is 0 Å². The second-order valence-electron chi connectivity index (χ2n) is 4.09. The topological polar surface area (TPSA) is 12.0 Å². The van der Waals surface area contributed by atoms with Gasteiger partial charge in [0.15, 0.2) is 0 Å². The molecule has 0 aliphatic carbocycles. The summed E-state index contributed by atoms with van der Waals surface area (Å²) < 4.78 is 1.18. The molecule has 1 rings (SSSR count). The van der Waals surface area contributed by atoms with E-state index in [4.69, 9.17) is 0 Å². The molecule has 80 valence electrons. The third-order valence-corrected chi connectivity index (χ3v) is 4.40. The molecule has 0 spiro atoms. The number of halogens is 1. The van der Waals surface area contributed by atoms with Gasteiger partial charge in [-0.05, 0) is 41.8 Å². The summed E-state index contributed by atoms with van der Waals surface area (Å²) in [5, 5.41) is 5.73. The molecule has 1 heterocycles. The van der Waals surface area contributed by atoms with Crippen molar-refractivity contribution in [2.75, 3.05) is 0 Å². The number of thiophene rings is 1. The first-order valence-electron chi connectivity index (χ1n) is 5.00. The molecule has 0 bridgehead atoms. The van der Waals surface area contributed by atoms with Crippen LogP contribution in [0.2, 0.25) is 0 Å². The molecule has 1 N–H and O–H groups in total. The van der Waals surface area contributed by atoms with E-state index in [2.05, 4.69) is 60.4 Å². The van der Waals surface area contributed by atoms with Crippen LogP contribution in [0.25, 0.3) is 0 Å². The summed E-state index contributed by atoms with van der Waals surface area (Å²) in [7, 11) is 0. The Morgan fingerprint density at radius 2 is 1.93 bits per heavy atom. The highest BCUT2D eigenvalue weighted by molar-refractivity contribution is 9.10. The van der Waals surface area contributed by atoms with Crippen LogP contribution >= 0.6 is 27.3 Å². The van der Waals surface area contributed by atoms with Crippen molar-refractivity contribution >= 4 is 27.3 Å².